The highest BCUT2D eigenvalue weighted by Gasteiger charge is 2.21. The molecule has 1 aromatic heterocycles. The lowest BCUT2D eigenvalue weighted by Crippen LogP contribution is -2.35. The number of nitrogens with one attached hydrogen (secondary N) is 1. The third-order valence-electron chi connectivity index (χ3n) is 3.70. The molecule has 0 radical (unpaired) electrons. The first-order chi connectivity index (χ1) is 8.42. The zero-order valence-electron chi connectivity index (χ0n) is 12.7. The average Bonchev–Trinajstić information content (AvgIpc) is 2.77. The predicted octanol–water partition coefficient (Wildman–Crippen LogP) is 4.01. The van der Waals surface area contributed by atoms with Crippen molar-refractivity contribution in [1.29, 1.82) is 0 Å². The first kappa shape index (κ1) is 15.6. The maximum Gasteiger partial charge on any atom is 0.0944 e. The molecule has 0 spiro atoms. The topological polar surface area (TPSA) is 24.9 Å². The summed E-state index contributed by atoms with van der Waals surface area (Å²) in [6, 6.07) is 0.555. The summed E-state index contributed by atoms with van der Waals surface area (Å²) in [5.41, 5.74) is 1.39. The van der Waals surface area contributed by atoms with Gasteiger partial charge in [-0.1, -0.05) is 47.5 Å². The van der Waals surface area contributed by atoms with Crippen LogP contribution in [-0.4, -0.2) is 18.1 Å². The van der Waals surface area contributed by atoms with Crippen LogP contribution in [0.1, 0.15) is 58.2 Å². The molecule has 1 rings (SSSR count). The maximum atomic E-state index is 4.80. The van der Waals surface area contributed by atoms with Gasteiger partial charge in [0.05, 0.1) is 10.7 Å². The summed E-state index contributed by atoms with van der Waals surface area (Å²) in [4.78, 5) is 4.80. The molecule has 2 nitrogen and oxygen atoms in total. The molecule has 0 fully saturated rings. The van der Waals surface area contributed by atoms with Crippen LogP contribution in [0, 0.1) is 5.92 Å². The Morgan fingerprint density at radius 2 is 1.89 bits per heavy atom. The van der Waals surface area contributed by atoms with E-state index in [0.717, 1.165) is 12.3 Å². The van der Waals surface area contributed by atoms with Crippen molar-refractivity contribution in [2.24, 2.45) is 5.92 Å². The Balaban J connectivity index is 2.73. The number of aromatic nitrogens is 1. The smallest absolute Gasteiger partial charge is 0.0944 e. The van der Waals surface area contributed by atoms with Crippen molar-refractivity contribution in [2.45, 2.75) is 65.3 Å². The second-order valence-corrected chi connectivity index (χ2v) is 7.00. The van der Waals surface area contributed by atoms with E-state index < -0.39 is 0 Å². The minimum absolute atomic E-state index is 0.165. The van der Waals surface area contributed by atoms with E-state index in [4.69, 9.17) is 4.98 Å². The van der Waals surface area contributed by atoms with Crippen LogP contribution in [0.15, 0.2) is 5.38 Å². The minimum atomic E-state index is 0.165. The lowest BCUT2D eigenvalue weighted by Gasteiger charge is -2.24. The van der Waals surface area contributed by atoms with Crippen molar-refractivity contribution in [3.05, 3.63) is 16.1 Å². The highest BCUT2D eigenvalue weighted by molar-refractivity contribution is 7.09. The number of rotatable bonds is 6. The molecule has 0 aliphatic rings. The molecule has 104 valence electrons. The molecule has 0 aliphatic carbocycles. The van der Waals surface area contributed by atoms with Crippen LogP contribution in [0.2, 0.25) is 0 Å². The molecule has 0 aromatic carbocycles. The van der Waals surface area contributed by atoms with Crippen molar-refractivity contribution in [3.63, 3.8) is 0 Å². The van der Waals surface area contributed by atoms with Crippen LogP contribution in [0.25, 0.3) is 0 Å². The van der Waals surface area contributed by atoms with Gasteiger partial charge in [0.25, 0.3) is 0 Å². The molecule has 1 atom stereocenters. The summed E-state index contributed by atoms with van der Waals surface area (Å²) in [7, 11) is 2.07. The van der Waals surface area contributed by atoms with Crippen molar-refractivity contribution < 1.29 is 0 Å². The van der Waals surface area contributed by atoms with Gasteiger partial charge < -0.3 is 5.32 Å². The highest BCUT2D eigenvalue weighted by atomic mass is 32.1. The van der Waals surface area contributed by atoms with Crippen LogP contribution in [0.3, 0.4) is 0 Å². The Bertz CT molecular complexity index is 348. The fourth-order valence-corrected chi connectivity index (χ4v) is 3.38. The molecule has 0 aliphatic heterocycles. The quantitative estimate of drug-likeness (QED) is 0.843. The predicted molar refractivity (Wildman–Crippen MR) is 81.4 cm³/mol. The highest BCUT2D eigenvalue weighted by Crippen LogP contribution is 2.25. The van der Waals surface area contributed by atoms with E-state index in [0.29, 0.717) is 6.04 Å². The molecular formula is C15H28N2S. The zero-order valence-corrected chi connectivity index (χ0v) is 13.5. The van der Waals surface area contributed by atoms with Crippen molar-refractivity contribution in [3.8, 4) is 0 Å². The summed E-state index contributed by atoms with van der Waals surface area (Å²) >= 11 is 1.81. The summed E-state index contributed by atoms with van der Waals surface area (Å²) in [5.74, 6) is 0.747. The van der Waals surface area contributed by atoms with Gasteiger partial charge in [-0.3, -0.25) is 0 Å². The van der Waals surface area contributed by atoms with Gasteiger partial charge in [0.15, 0.2) is 0 Å². The molecule has 18 heavy (non-hydrogen) atoms. The lowest BCUT2D eigenvalue weighted by molar-refractivity contribution is 0.348. The summed E-state index contributed by atoms with van der Waals surface area (Å²) < 4.78 is 0. The van der Waals surface area contributed by atoms with Crippen LogP contribution in [0.5, 0.6) is 0 Å². The normalized spacial score (nSPS) is 14.2. The molecule has 3 heteroatoms. The van der Waals surface area contributed by atoms with Gasteiger partial charge in [-0.05, 0) is 13.0 Å². The van der Waals surface area contributed by atoms with E-state index >= 15 is 0 Å². The molecular weight excluding hydrogens is 240 g/mol. The molecule has 0 saturated carbocycles. The summed E-state index contributed by atoms with van der Waals surface area (Å²) in [6.07, 6.45) is 3.53. The van der Waals surface area contributed by atoms with Gasteiger partial charge in [-0.15, -0.1) is 11.3 Å². The van der Waals surface area contributed by atoms with Crippen LogP contribution < -0.4 is 5.32 Å². The number of likely N-dealkylation sites (N-methyl/N-ethyl adjacent to an activating group) is 1. The number of hydrogen-bond acceptors (Lipinski definition) is 3. The van der Waals surface area contributed by atoms with Crippen molar-refractivity contribution >= 4 is 11.3 Å². The van der Waals surface area contributed by atoms with E-state index in [1.807, 2.05) is 11.3 Å². The third-order valence-corrected chi connectivity index (χ3v) is 4.57. The monoisotopic (exact) mass is 268 g/mol. The molecule has 0 bridgehead atoms. The van der Waals surface area contributed by atoms with Crippen LogP contribution in [0.4, 0.5) is 0 Å². The van der Waals surface area contributed by atoms with Gasteiger partial charge in [0.2, 0.25) is 0 Å². The second-order valence-electron chi connectivity index (χ2n) is 6.05. The second kappa shape index (κ2) is 6.67. The maximum absolute atomic E-state index is 4.80. The molecule has 1 heterocycles. The number of nitrogens with zero attached hydrogens (tertiary/aromatic N) is 1. The fraction of sp³-hybridized carbons (Fsp3) is 0.800. The van der Waals surface area contributed by atoms with E-state index in [-0.39, 0.29) is 5.41 Å². The SMILES string of the molecule is CCC(CC)C(Cc1nc(C(C)(C)C)cs1)NC. The Labute approximate surface area is 116 Å². The summed E-state index contributed by atoms with van der Waals surface area (Å²) in [6.45, 7) is 11.2. The number of hydrogen-bond donors (Lipinski definition) is 1. The molecule has 1 aromatic rings. The van der Waals surface area contributed by atoms with Gasteiger partial charge in [0, 0.05) is 23.3 Å². The van der Waals surface area contributed by atoms with E-state index in [9.17, 15) is 0 Å². The zero-order chi connectivity index (χ0) is 13.8. The van der Waals surface area contributed by atoms with Crippen LogP contribution >= 0.6 is 11.3 Å². The van der Waals surface area contributed by atoms with E-state index in [1.54, 1.807) is 0 Å². The third kappa shape index (κ3) is 4.06. The first-order valence-electron chi connectivity index (χ1n) is 7.04. The Kier molecular flexibility index (Phi) is 5.80. The molecule has 0 amide bonds. The molecule has 1 unspecified atom stereocenters. The Hall–Kier alpha value is -0.410. The summed E-state index contributed by atoms with van der Waals surface area (Å²) in [5, 5.41) is 6.95. The number of thiazole rings is 1. The molecule has 0 saturated heterocycles. The van der Waals surface area contributed by atoms with Gasteiger partial charge >= 0.3 is 0 Å². The van der Waals surface area contributed by atoms with Gasteiger partial charge in [-0.2, -0.15) is 0 Å². The van der Waals surface area contributed by atoms with Gasteiger partial charge in [0.1, 0.15) is 0 Å². The standard InChI is InChI=1S/C15H28N2S/c1-7-11(8-2)12(16-6)9-14-17-13(10-18-14)15(3,4)5/h10-12,16H,7-9H2,1-6H3. The minimum Gasteiger partial charge on any atom is -0.316 e. The fourth-order valence-electron chi connectivity index (χ4n) is 2.30. The van der Waals surface area contributed by atoms with Gasteiger partial charge in [-0.25, -0.2) is 4.98 Å². The first-order valence-corrected chi connectivity index (χ1v) is 7.92. The van der Waals surface area contributed by atoms with E-state index in [2.05, 4.69) is 52.4 Å². The van der Waals surface area contributed by atoms with Crippen molar-refractivity contribution in [1.82, 2.24) is 10.3 Å². The van der Waals surface area contributed by atoms with E-state index in [1.165, 1.54) is 23.5 Å². The lowest BCUT2D eigenvalue weighted by atomic mass is 9.91. The van der Waals surface area contributed by atoms with Crippen molar-refractivity contribution in [2.75, 3.05) is 7.05 Å². The molecule has 1 N–H and O–H groups in total. The Morgan fingerprint density at radius 1 is 1.28 bits per heavy atom. The average molecular weight is 268 g/mol. The largest absolute Gasteiger partial charge is 0.316 e. The van der Waals surface area contributed by atoms with Crippen LogP contribution in [-0.2, 0) is 11.8 Å². The Morgan fingerprint density at radius 3 is 2.28 bits per heavy atom.